The third kappa shape index (κ3) is 0.969. The number of allylic oxidation sites excluding steroid dienone is 1. The van der Waals surface area contributed by atoms with Crippen LogP contribution in [-0.4, -0.2) is 11.7 Å². The summed E-state index contributed by atoms with van der Waals surface area (Å²) in [6.07, 6.45) is 2.39. The third-order valence-corrected chi connectivity index (χ3v) is 4.58. The standard InChI is InChI=1S/C12H20O/c1-8-5-6-11(2,3)10-9(7-13)12(8,10)4/h9-10,13H,1,5-7H2,2-4H3/t9-,10+,12+/m0/s1. The molecule has 1 heteroatoms. The number of hydrogen-bond acceptors (Lipinski definition) is 1. The first-order valence-electron chi connectivity index (χ1n) is 5.23. The molecule has 74 valence electrons. The first-order chi connectivity index (χ1) is 5.94. The SMILES string of the molecule is C=C1CCC(C)(C)[C@H]2[C@H](CO)[C@@]12C. The highest BCUT2D eigenvalue weighted by molar-refractivity contribution is 5.31. The third-order valence-electron chi connectivity index (χ3n) is 4.58. The second kappa shape index (κ2) is 2.38. The lowest BCUT2D eigenvalue weighted by molar-refractivity contribution is 0.206. The molecule has 1 nitrogen and oxygen atoms in total. The highest BCUT2D eigenvalue weighted by atomic mass is 16.3. The minimum absolute atomic E-state index is 0.260. The molecule has 2 fully saturated rings. The van der Waals surface area contributed by atoms with E-state index in [1.807, 2.05) is 0 Å². The second-order valence-corrected chi connectivity index (χ2v) is 5.64. The van der Waals surface area contributed by atoms with E-state index in [9.17, 15) is 5.11 Å². The number of rotatable bonds is 1. The lowest BCUT2D eigenvalue weighted by Crippen LogP contribution is -2.24. The van der Waals surface area contributed by atoms with E-state index >= 15 is 0 Å². The van der Waals surface area contributed by atoms with Gasteiger partial charge in [-0.1, -0.05) is 32.9 Å². The Labute approximate surface area is 80.8 Å². The van der Waals surface area contributed by atoms with Crippen molar-refractivity contribution < 1.29 is 5.11 Å². The normalized spacial score (nSPS) is 47.2. The molecule has 0 saturated heterocycles. The van der Waals surface area contributed by atoms with Gasteiger partial charge in [-0.25, -0.2) is 0 Å². The smallest absolute Gasteiger partial charge is 0.0470 e. The average Bonchev–Trinajstić information content (AvgIpc) is 2.68. The van der Waals surface area contributed by atoms with Crippen LogP contribution in [0.25, 0.3) is 0 Å². The summed E-state index contributed by atoms with van der Waals surface area (Å²) in [5, 5.41) is 9.31. The molecule has 2 saturated carbocycles. The van der Waals surface area contributed by atoms with E-state index in [-0.39, 0.29) is 5.41 Å². The van der Waals surface area contributed by atoms with E-state index in [2.05, 4.69) is 27.4 Å². The molecule has 2 rings (SSSR count). The van der Waals surface area contributed by atoms with Gasteiger partial charge in [0.1, 0.15) is 0 Å². The van der Waals surface area contributed by atoms with Gasteiger partial charge in [-0.15, -0.1) is 0 Å². The molecule has 2 aliphatic rings. The topological polar surface area (TPSA) is 20.2 Å². The zero-order valence-electron chi connectivity index (χ0n) is 8.93. The van der Waals surface area contributed by atoms with Crippen molar-refractivity contribution in [3.63, 3.8) is 0 Å². The molecule has 13 heavy (non-hydrogen) atoms. The summed E-state index contributed by atoms with van der Waals surface area (Å²) in [6.45, 7) is 11.4. The van der Waals surface area contributed by atoms with E-state index in [1.54, 1.807) is 0 Å². The molecule has 2 aliphatic carbocycles. The van der Waals surface area contributed by atoms with E-state index in [4.69, 9.17) is 0 Å². The van der Waals surface area contributed by atoms with Gasteiger partial charge < -0.3 is 5.11 Å². The Morgan fingerprint density at radius 3 is 2.54 bits per heavy atom. The summed E-state index contributed by atoms with van der Waals surface area (Å²) in [6, 6.07) is 0. The molecule has 0 amide bonds. The molecule has 0 aromatic rings. The van der Waals surface area contributed by atoms with Gasteiger partial charge in [-0.3, -0.25) is 0 Å². The van der Waals surface area contributed by atoms with Gasteiger partial charge >= 0.3 is 0 Å². The molecule has 0 spiro atoms. The first kappa shape index (κ1) is 9.26. The van der Waals surface area contributed by atoms with Crippen molar-refractivity contribution >= 4 is 0 Å². The molecule has 1 N–H and O–H groups in total. The quantitative estimate of drug-likeness (QED) is 0.615. The molecule has 0 aromatic heterocycles. The minimum atomic E-state index is 0.260. The number of aliphatic hydroxyl groups excluding tert-OH is 1. The molecule has 0 radical (unpaired) electrons. The Balaban J connectivity index is 2.30. The highest BCUT2D eigenvalue weighted by Crippen LogP contribution is 2.73. The Hall–Kier alpha value is -0.300. The Bertz CT molecular complexity index is 254. The van der Waals surface area contributed by atoms with Crippen LogP contribution >= 0.6 is 0 Å². The maximum absolute atomic E-state index is 9.31. The number of aliphatic hydroxyl groups is 1. The number of hydrogen-bond donors (Lipinski definition) is 1. The second-order valence-electron chi connectivity index (χ2n) is 5.64. The summed E-state index contributed by atoms with van der Waals surface area (Å²) in [7, 11) is 0. The zero-order chi connectivity index (χ0) is 9.85. The van der Waals surface area contributed by atoms with Gasteiger partial charge in [0.15, 0.2) is 0 Å². The summed E-state index contributed by atoms with van der Waals surface area (Å²) in [5.74, 6) is 1.16. The van der Waals surface area contributed by atoms with Crippen LogP contribution in [-0.2, 0) is 0 Å². The largest absolute Gasteiger partial charge is 0.396 e. The van der Waals surface area contributed by atoms with Crippen LogP contribution in [0.4, 0.5) is 0 Å². The van der Waals surface area contributed by atoms with Gasteiger partial charge in [0.25, 0.3) is 0 Å². The maximum atomic E-state index is 9.31. The summed E-state index contributed by atoms with van der Waals surface area (Å²) in [5.41, 5.74) is 2.04. The zero-order valence-corrected chi connectivity index (χ0v) is 8.93. The van der Waals surface area contributed by atoms with Crippen molar-refractivity contribution in [2.24, 2.45) is 22.7 Å². The summed E-state index contributed by atoms with van der Waals surface area (Å²) >= 11 is 0. The Morgan fingerprint density at radius 2 is 2.08 bits per heavy atom. The van der Waals surface area contributed by atoms with Crippen LogP contribution in [0.5, 0.6) is 0 Å². The highest BCUT2D eigenvalue weighted by Gasteiger charge is 2.68. The van der Waals surface area contributed by atoms with Crippen LogP contribution in [0.1, 0.15) is 33.6 Å². The predicted molar refractivity (Wildman–Crippen MR) is 54.3 cm³/mol. The van der Waals surface area contributed by atoms with Crippen LogP contribution < -0.4 is 0 Å². The Kier molecular flexibility index (Phi) is 1.70. The van der Waals surface area contributed by atoms with E-state index in [1.165, 1.54) is 12.0 Å². The summed E-state index contributed by atoms with van der Waals surface area (Å²) in [4.78, 5) is 0. The Morgan fingerprint density at radius 1 is 1.46 bits per heavy atom. The van der Waals surface area contributed by atoms with Crippen LogP contribution in [0.15, 0.2) is 12.2 Å². The molecule has 0 aromatic carbocycles. The minimum Gasteiger partial charge on any atom is -0.396 e. The predicted octanol–water partition coefficient (Wildman–Crippen LogP) is 2.61. The molecule has 0 bridgehead atoms. The summed E-state index contributed by atoms with van der Waals surface area (Å²) < 4.78 is 0. The lowest BCUT2D eigenvalue weighted by atomic mass is 9.71. The molecule has 3 atom stereocenters. The fraction of sp³-hybridized carbons (Fsp3) is 0.833. The first-order valence-corrected chi connectivity index (χ1v) is 5.23. The van der Waals surface area contributed by atoms with Crippen LogP contribution in [0.2, 0.25) is 0 Å². The molecule has 0 heterocycles. The molecular weight excluding hydrogens is 160 g/mol. The van der Waals surface area contributed by atoms with Crippen molar-refractivity contribution in [3.8, 4) is 0 Å². The van der Waals surface area contributed by atoms with Gasteiger partial charge in [0.05, 0.1) is 0 Å². The lowest BCUT2D eigenvalue weighted by Gasteiger charge is -2.34. The van der Waals surface area contributed by atoms with E-state index < -0.39 is 0 Å². The van der Waals surface area contributed by atoms with Gasteiger partial charge in [0, 0.05) is 6.61 Å². The van der Waals surface area contributed by atoms with E-state index in [0.29, 0.717) is 23.9 Å². The van der Waals surface area contributed by atoms with Crippen LogP contribution in [0.3, 0.4) is 0 Å². The molecule has 0 unspecified atom stereocenters. The molecular formula is C12H20O. The van der Waals surface area contributed by atoms with Crippen LogP contribution in [0, 0.1) is 22.7 Å². The van der Waals surface area contributed by atoms with Crippen molar-refractivity contribution in [1.29, 1.82) is 0 Å². The van der Waals surface area contributed by atoms with Gasteiger partial charge in [-0.2, -0.15) is 0 Å². The van der Waals surface area contributed by atoms with Crippen molar-refractivity contribution in [2.75, 3.05) is 6.61 Å². The van der Waals surface area contributed by atoms with Crippen molar-refractivity contribution in [2.45, 2.75) is 33.6 Å². The molecule has 0 aliphatic heterocycles. The van der Waals surface area contributed by atoms with Crippen molar-refractivity contribution in [1.82, 2.24) is 0 Å². The van der Waals surface area contributed by atoms with Gasteiger partial charge in [-0.05, 0) is 35.5 Å². The maximum Gasteiger partial charge on any atom is 0.0470 e. The number of fused-ring (bicyclic) bond motifs is 1. The average molecular weight is 180 g/mol. The van der Waals surface area contributed by atoms with E-state index in [0.717, 1.165) is 6.42 Å². The van der Waals surface area contributed by atoms with Gasteiger partial charge in [0.2, 0.25) is 0 Å². The van der Waals surface area contributed by atoms with Crippen molar-refractivity contribution in [3.05, 3.63) is 12.2 Å². The monoisotopic (exact) mass is 180 g/mol. The fourth-order valence-corrected chi connectivity index (χ4v) is 3.63. The fourth-order valence-electron chi connectivity index (χ4n) is 3.63.